The van der Waals surface area contributed by atoms with E-state index in [-0.39, 0.29) is 12.4 Å². The lowest BCUT2D eigenvalue weighted by atomic mass is 9.77. The van der Waals surface area contributed by atoms with Gasteiger partial charge in [-0.15, -0.1) is 0 Å². The highest BCUT2D eigenvalue weighted by Gasteiger charge is 2.50. The summed E-state index contributed by atoms with van der Waals surface area (Å²) in [6, 6.07) is 9.17. The highest BCUT2D eigenvalue weighted by molar-refractivity contribution is 5.87. The third-order valence-corrected chi connectivity index (χ3v) is 4.92. The van der Waals surface area contributed by atoms with Crippen molar-refractivity contribution in [1.82, 2.24) is 0 Å². The Balaban J connectivity index is 1.88. The first-order chi connectivity index (χ1) is 11.2. The molecule has 4 atom stereocenters. The van der Waals surface area contributed by atoms with Crippen LogP contribution in [0.1, 0.15) is 37.4 Å². The van der Waals surface area contributed by atoms with E-state index < -0.39 is 23.9 Å². The average molecular weight is 320 g/mol. The van der Waals surface area contributed by atoms with Crippen molar-refractivity contribution in [3.63, 3.8) is 0 Å². The number of benzene rings is 1. The van der Waals surface area contributed by atoms with Gasteiger partial charge in [-0.3, -0.25) is 4.79 Å². The number of ketones is 1. The van der Waals surface area contributed by atoms with Gasteiger partial charge in [-0.25, -0.2) is 0 Å². The molecule has 23 heavy (non-hydrogen) atoms. The number of Topliss-reactive ketones (excluding diaryl/α,β-unsaturated/α-hetero) is 1. The summed E-state index contributed by atoms with van der Waals surface area (Å²) in [7, 11) is 1.59. The number of methoxy groups -OCH3 is 1. The third-order valence-electron chi connectivity index (χ3n) is 4.92. The molecule has 1 N–H and O–H groups in total. The second kappa shape index (κ2) is 7.09. The molecule has 2 fully saturated rings. The molecule has 0 spiro atoms. The van der Waals surface area contributed by atoms with E-state index in [4.69, 9.17) is 14.2 Å². The van der Waals surface area contributed by atoms with Crippen LogP contribution in [0, 0.1) is 5.92 Å². The predicted octanol–water partition coefficient (Wildman–Crippen LogP) is 2.24. The molecule has 5 heteroatoms. The van der Waals surface area contributed by atoms with Crippen molar-refractivity contribution in [2.75, 3.05) is 20.3 Å². The van der Waals surface area contributed by atoms with E-state index in [0.29, 0.717) is 25.0 Å². The maximum Gasteiger partial charge on any atom is 0.177 e. The van der Waals surface area contributed by atoms with Crippen LogP contribution in [0.5, 0.6) is 0 Å². The van der Waals surface area contributed by atoms with E-state index in [1.54, 1.807) is 19.2 Å². The molecule has 1 heterocycles. The molecule has 5 nitrogen and oxygen atoms in total. The second-order valence-electron chi connectivity index (χ2n) is 6.21. The second-order valence-corrected chi connectivity index (χ2v) is 6.21. The zero-order chi connectivity index (χ0) is 16.3. The number of hydrogen-bond acceptors (Lipinski definition) is 5. The van der Waals surface area contributed by atoms with Crippen LogP contribution in [-0.2, 0) is 19.0 Å². The van der Waals surface area contributed by atoms with Gasteiger partial charge in [0.25, 0.3) is 0 Å². The summed E-state index contributed by atoms with van der Waals surface area (Å²) in [4.78, 5) is 13.1. The van der Waals surface area contributed by atoms with Gasteiger partial charge in [-0.05, 0) is 18.4 Å². The number of hydrogen-bond donors (Lipinski definition) is 1. The molecule has 0 amide bonds. The normalized spacial score (nSPS) is 33.4. The first kappa shape index (κ1) is 16.6. The Labute approximate surface area is 136 Å². The molecule has 1 aromatic rings. The molecule has 0 aromatic heterocycles. The average Bonchev–Trinajstić information content (AvgIpc) is 2.60. The molecule has 0 radical (unpaired) electrons. The molecule has 1 saturated carbocycles. The van der Waals surface area contributed by atoms with Crippen molar-refractivity contribution in [2.24, 2.45) is 5.92 Å². The van der Waals surface area contributed by atoms with Crippen LogP contribution in [0.25, 0.3) is 0 Å². The third kappa shape index (κ3) is 3.19. The van der Waals surface area contributed by atoms with Crippen molar-refractivity contribution < 1.29 is 24.1 Å². The van der Waals surface area contributed by atoms with Crippen molar-refractivity contribution in [2.45, 2.75) is 43.7 Å². The predicted molar refractivity (Wildman–Crippen MR) is 83.8 cm³/mol. The Morgan fingerprint density at radius 3 is 2.78 bits per heavy atom. The fourth-order valence-electron chi connectivity index (χ4n) is 3.69. The van der Waals surface area contributed by atoms with Gasteiger partial charge >= 0.3 is 0 Å². The summed E-state index contributed by atoms with van der Waals surface area (Å²) in [5.41, 5.74) is 0.686. The summed E-state index contributed by atoms with van der Waals surface area (Å²) >= 11 is 0. The summed E-state index contributed by atoms with van der Waals surface area (Å²) in [5.74, 6) is -1.39. The van der Waals surface area contributed by atoms with Crippen LogP contribution < -0.4 is 0 Å². The minimum atomic E-state index is -0.974. The van der Waals surface area contributed by atoms with E-state index in [1.807, 2.05) is 18.2 Å². The van der Waals surface area contributed by atoms with Gasteiger partial charge in [-0.1, -0.05) is 36.8 Å². The molecule has 3 rings (SSSR count). The summed E-state index contributed by atoms with van der Waals surface area (Å²) in [6.07, 6.45) is 1.49. The van der Waals surface area contributed by atoms with E-state index in [9.17, 15) is 9.90 Å². The Bertz CT molecular complexity index is 531. The zero-order valence-corrected chi connectivity index (χ0v) is 13.4. The number of carbonyl (C=O) groups is 1. The zero-order valence-electron chi connectivity index (χ0n) is 13.4. The Morgan fingerprint density at radius 2 is 2.04 bits per heavy atom. The Kier molecular flexibility index (Phi) is 5.11. The van der Waals surface area contributed by atoms with Crippen LogP contribution in [0.15, 0.2) is 30.3 Å². The fourth-order valence-corrected chi connectivity index (χ4v) is 3.69. The highest BCUT2D eigenvalue weighted by atomic mass is 16.7. The van der Waals surface area contributed by atoms with Crippen molar-refractivity contribution in [1.29, 1.82) is 0 Å². The SMILES string of the molecule is CO[C@]12CCCC[C@@H]1C(=O)[C@@H]([C@@H](O)c1ccccc1)OCCO2. The van der Waals surface area contributed by atoms with Crippen LogP contribution in [0.4, 0.5) is 0 Å². The monoisotopic (exact) mass is 320 g/mol. The minimum Gasteiger partial charge on any atom is -0.385 e. The summed E-state index contributed by atoms with van der Waals surface area (Å²) in [6.45, 7) is 0.619. The molecule has 0 bridgehead atoms. The first-order valence-corrected chi connectivity index (χ1v) is 8.25. The largest absolute Gasteiger partial charge is 0.385 e. The maximum absolute atomic E-state index is 13.1. The molecule has 0 unspecified atom stereocenters. The standard InChI is InChI=1S/C18H24O5/c1-21-18-10-6-5-9-14(18)16(20)17(22-11-12-23-18)15(19)13-7-3-2-4-8-13/h2-4,7-8,14-15,17,19H,5-6,9-12H2,1H3/t14-,15+,17-,18+/m1/s1. The van der Waals surface area contributed by atoms with E-state index in [1.165, 1.54) is 0 Å². The van der Waals surface area contributed by atoms with Crippen LogP contribution in [-0.4, -0.2) is 43.1 Å². The molecule has 1 aliphatic heterocycles. The van der Waals surface area contributed by atoms with Gasteiger partial charge in [0.2, 0.25) is 0 Å². The molecule has 2 aliphatic rings. The van der Waals surface area contributed by atoms with Gasteiger partial charge in [0.1, 0.15) is 12.2 Å². The maximum atomic E-state index is 13.1. The molecule has 1 saturated heterocycles. The van der Waals surface area contributed by atoms with E-state index in [0.717, 1.165) is 12.8 Å². The van der Waals surface area contributed by atoms with Crippen LogP contribution >= 0.6 is 0 Å². The highest BCUT2D eigenvalue weighted by Crippen LogP contribution is 2.41. The number of ether oxygens (including phenoxy) is 3. The number of aliphatic hydroxyl groups excluding tert-OH is 1. The first-order valence-electron chi connectivity index (χ1n) is 8.25. The van der Waals surface area contributed by atoms with Gasteiger partial charge in [0, 0.05) is 13.5 Å². The van der Waals surface area contributed by atoms with Gasteiger partial charge in [-0.2, -0.15) is 0 Å². The van der Waals surface area contributed by atoms with Crippen molar-refractivity contribution in [3.8, 4) is 0 Å². The summed E-state index contributed by atoms with van der Waals surface area (Å²) in [5, 5.41) is 10.7. The molecule has 1 aliphatic carbocycles. The fraction of sp³-hybridized carbons (Fsp3) is 0.611. The number of rotatable bonds is 3. The summed E-state index contributed by atoms with van der Waals surface area (Å²) < 4.78 is 17.2. The minimum absolute atomic E-state index is 0.123. The molecule has 1 aromatic carbocycles. The Hall–Kier alpha value is -1.27. The lowest BCUT2D eigenvalue weighted by molar-refractivity contribution is -0.277. The number of fused-ring (bicyclic) bond motifs is 1. The van der Waals surface area contributed by atoms with E-state index in [2.05, 4.69) is 0 Å². The van der Waals surface area contributed by atoms with Crippen LogP contribution in [0.3, 0.4) is 0 Å². The van der Waals surface area contributed by atoms with Gasteiger partial charge < -0.3 is 19.3 Å². The quantitative estimate of drug-likeness (QED) is 0.925. The number of aliphatic hydroxyl groups is 1. The van der Waals surface area contributed by atoms with Gasteiger partial charge in [0.15, 0.2) is 11.6 Å². The van der Waals surface area contributed by atoms with Crippen LogP contribution in [0.2, 0.25) is 0 Å². The van der Waals surface area contributed by atoms with Crippen molar-refractivity contribution in [3.05, 3.63) is 35.9 Å². The van der Waals surface area contributed by atoms with Gasteiger partial charge in [0.05, 0.1) is 19.1 Å². The number of carbonyl (C=O) groups excluding carboxylic acids is 1. The molecular weight excluding hydrogens is 296 g/mol. The molecule has 126 valence electrons. The Morgan fingerprint density at radius 1 is 1.26 bits per heavy atom. The lowest BCUT2D eigenvalue weighted by Crippen LogP contribution is -2.54. The molecular formula is C18H24O5. The smallest absolute Gasteiger partial charge is 0.177 e. The topological polar surface area (TPSA) is 65.0 Å². The van der Waals surface area contributed by atoms with E-state index >= 15 is 0 Å². The lowest BCUT2D eigenvalue weighted by Gasteiger charge is -2.44. The van der Waals surface area contributed by atoms with Crippen molar-refractivity contribution >= 4 is 5.78 Å².